The molecule has 4 aromatic rings. The number of hydrogen-bond acceptors (Lipinski definition) is 3. The Kier molecular flexibility index (Phi) is 6.05. The van der Waals surface area contributed by atoms with Gasteiger partial charge in [-0.15, -0.1) is 0 Å². The second kappa shape index (κ2) is 9.99. The quantitative estimate of drug-likeness (QED) is 0.280. The highest BCUT2D eigenvalue weighted by Crippen LogP contribution is 2.31. The number of rotatable bonds is 4. The third-order valence-electron chi connectivity index (χ3n) is 8.16. The number of allylic oxidation sites excluding steroid dienone is 7. The zero-order valence-electron chi connectivity index (χ0n) is 22.0. The molecule has 3 unspecified atom stereocenters. The molecule has 0 spiro atoms. The summed E-state index contributed by atoms with van der Waals surface area (Å²) >= 11 is 0. The predicted octanol–water partition coefficient (Wildman–Crippen LogP) is 8.09. The van der Waals surface area contributed by atoms with E-state index in [9.17, 15) is 0 Å². The zero-order valence-corrected chi connectivity index (χ0v) is 22.0. The Labute approximate surface area is 229 Å². The van der Waals surface area contributed by atoms with Crippen molar-refractivity contribution in [2.75, 3.05) is 0 Å². The van der Waals surface area contributed by atoms with Crippen molar-refractivity contribution < 1.29 is 0 Å². The first-order valence-electron chi connectivity index (χ1n) is 13.9. The molecule has 0 radical (unpaired) electrons. The van der Waals surface area contributed by atoms with Gasteiger partial charge in [0.25, 0.3) is 0 Å². The van der Waals surface area contributed by atoms with Crippen LogP contribution >= 0.6 is 0 Å². The summed E-state index contributed by atoms with van der Waals surface area (Å²) in [4.78, 5) is 10.4. The number of benzene rings is 4. The lowest BCUT2D eigenvalue weighted by Gasteiger charge is -2.29. The highest BCUT2D eigenvalue weighted by Gasteiger charge is 2.29. The van der Waals surface area contributed by atoms with E-state index in [0.29, 0.717) is 11.8 Å². The lowest BCUT2D eigenvalue weighted by atomic mass is 9.87. The number of aliphatic imine (C=N–C) groups is 2. The van der Waals surface area contributed by atoms with Gasteiger partial charge in [0.2, 0.25) is 0 Å². The van der Waals surface area contributed by atoms with Crippen LogP contribution in [-0.4, -0.2) is 17.8 Å². The first-order valence-corrected chi connectivity index (χ1v) is 13.9. The molecule has 0 amide bonds. The molecule has 39 heavy (non-hydrogen) atoms. The van der Waals surface area contributed by atoms with Gasteiger partial charge in [-0.3, -0.25) is 0 Å². The number of fused-ring (bicyclic) bond motifs is 3. The van der Waals surface area contributed by atoms with Gasteiger partial charge in [0.15, 0.2) is 6.17 Å². The van der Waals surface area contributed by atoms with E-state index < -0.39 is 0 Å². The van der Waals surface area contributed by atoms with Crippen molar-refractivity contribution in [1.82, 2.24) is 5.32 Å². The highest BCUT2D eigenvalue weighted by atomic mass is 15.2. The summed E-state index contributed by atoms with van der Waals surface area (Å²) < 4.78 is 0. The molecule has 1 N–H and O–H groups in total. The van der Waals surface area contributed by atoms with Gasteiger partial charge in [-0.05, 0) is 51.6 Å². The molecule has 0 saturated carbocycles. The molecule has 2 aliphatic carbocycles. The monoisotopic (exact) mass is 505 g/mol. The maximum Gasteiger partial charge on any atom is 0.151 e. The molecule has 7 rings (SSSR count). The highest BCUT2D eigenvalue weighted by molar-refractivity contribution is 6.18. The standard InChI is InChI=1S/C36H31N3/c1-24-10-5-7-16-31(24)36-38-34(29-15-9-14-28(22-29)25-11-3-2-4-12-25)37-35(39-36)30-21-20-27-19-18-26-13-6-8-17-32(26)33(27)23-30/h2-11,13-25,31,36H,12H2,1H3,(H,37,38,39)/t24?,25?,31?,36-/m1/s1. The molecular formula is C36H31N3. The van der Waals surface area contributed by atoms with Crippen LogP contribution in [0.1, 0.15) is 36.0 Å². The summed E-state index contributed by atoms with van der Waals surface area (Å²) in [5.74, 6) is 2.72. The molecular weight excluding hydrogens is 474 g/mol. The molecule has 1 heterocycles. The van der Waals surface area contributed by atoms with Crippen LogP contribution in [0.15, 0.2) is 137 Å². The minimum Gasteiger partial charge on any atom is -0.324 e. The van der Waals surface area contributed by atoms with E-state index in [1.807, 2.05) is 0 Å². The number of hydrogen-bond donors (Lipinski definition) is 1. The Bertz CT molecular complexity index is 1750. The molecule has 4 atom stereocenters. The van der Waals surface area contributed by atoms with Gasteiger partial charge in [-0.2, -0.15) is 0 Å². The molecule has 3 nitrogen and oxygen atoms in total. The molecule has 190 valence electrons. The first-order chi connectivity index (χ1) is 19.2. The van der Waals surface area contributed by atoms with Gasteiger partial charge in [-0.1, -0.05) is 122 Å². The Morgan fingerprint density at radius 2 is 1.41 bits per heavy atom. The van der Waals surface area contributed by atoms with E-state index >= 15 is 0 Å². The summed E-state index contributed by atoms with van der Waals surface area (Å²) in [6.45, 7) is 2.25. The van der Waals surface area contributed by atoms with E-state index in [1.54, 1.807) is 0 Å². The molecule has 3 aliphatic rings. The van der Waals surface area contributed by atoms with Crippen LogP contribution in [0.2, 0.25) is 0 Å². The Balaban J connectivity index is 1.31. The average Bonchev–Trinajstić information content (AvgIpc) is 3.01. The summed E-state index contributed by atoms with van der Waals surface area (Å²) in [5, 5.41) is 8.62. The summed E-state index contributed by atoms with van der Waals surface area (Å²) in [7, 11) is 0. The fraction of sp³-hybridized carbons (Fsp3) is 0.167. The smallest absolute Gasteiger partial charge is 0.151 e. The fourth-order valence-electron chi connectivity index (χ4n) is 5.94. The van der Waals surface area contributed by atoms with Gasteiger partial charge in [0.05, 0.1) is 0 Å². The second-order valence-electron chi connectivity index (χ2n) is 10.7. The Morgan fingerprint density at radius 1 is 0.667 bits per heavy atom. The topological polar surface area (TPSA) is 36.8 Å². The zero-order chi connectivity index (χ0) is 26.2. The minimum absolute atomic E-state index is 0.197. The first kappa shape index (κ1) is 23.6. The molecule has 1 aliphatic heterocycles. The van der Waals surface area contributed by atoms with Crippen LogP contribution in [-0.2, 0) is 0 Å². The van der Waals surface area contributed by atoms with E-state index in [2.05, 4.69) is 140 Å². The van der Waals surface area contributed by atoms with Crippen LogP contribution in [0.4, 0.5) is 0 Å². The van der Waals surface area contributed by atoms with Crippen molar-refractivity contribution in [3.8, 4) is 0 Å². The van der Waals surface area contributed by atoms with E-state index in [0.717, 1.165) is 29.2 Å². The van der Waals surface area contributed by atoms with Gasteiger partial charge >= 0.3 is 0 Å². The summed E-state index contributed by atoms with van der Waals surface area (Å²) in [6, 6.07) is 28.5. The number of nitrogens with zero attached hydrogens (tertiary/aromatic N) is 2. The van der Waals surface area contributed by atoms with Crippen molar-refractivity contribution in [1.29, 1.82) is 0 Å². The van der Waals surface area contributed by atoms with E-state index in [-0.39, 0.29) is 12.1 Å². The molecule has 0 aromatic heterocycles. The van der Waals surface area contributed by atoms with Crippen LogP contribution in [0, 0.1) is 11.8 Å². The van der Waals surface area contributed by atoms with Crippen molar-refractivity contribution in [2.45, 2.75) is 25.4 Å². The lowest BCUT2D eigenvalue weighted by molar-refractivity contribution is 0.422. The Hall–Kier alpha value is -4.50. The van der Waals surface area contributed by atoms with Crippen LogP contribution in [0.5, 0.6) is 0 Å². The van der Waals surface area contributed by atoms with Crippen molar-refractivity contribution in [3.63, 3.8) is 0 Å². The summed E-state index contributed by atoms with van der Waals surface area (Å²) in [6.07, 6.45) is 18.4. The predicted molar refractivity (Wildman–Crippen MR) is 164 cm³/mol. The van der Waals surface area contributed by atoms with Gasteiger partial charge in [-0.25, -0.2) is 9.98 Å². The van der Waals surface area contributed by atoms with Crippen LogP contribution in [0.3, 0.4) is 0 Å². The minimum atomic E-state index is -0.197. The Morgan fingerprint density at radius 3 is 2.23 bits per heavy atom. The maximum atomic E-state index is 5.21. The molecule has 0 bridgehead atoms. The average molecular weight is 506 g/mol. The van der Waals surface area contributed by atoms with Crippen molar-refractivity contribution in [3.05, 3.63) is 144 Å². The molecule has 4 aromatic carbocycles. The second-order valence-corrected chi connectivity index (χ2v) is 10.7. The van der Waals surface area contributed by atoms with E-state index in [4.69, 9.17) is 9.98 Å². The van der Waals surface area contributed by atoms with Gasteiger partial charge in [0.1, 0.15) is 11.7 Å². The molecule has 0 saturated heterocycles. The molecule has 0 fully saturated rings. The number of amidine groups is 2. The van der Waals surface area contributed by atoms with Gasteiger partial charge in [0, 0.05) is 23.0 Å². The van der Waals surface area contributed by atoms with Crippen molar-refractivity contribution in [2.24, 2.45) is 21.8 Å². The van der Waals surface area contributed by atoms with E-state index in [1.165, 1.54) is 27.1 Å². The lowest BCUT2D eigenvalue weighted by Crippen LogP contribution is -2.40. The third-order valence-corrected chi connectivity index (χ3v) is 8.16. The fourth-order valence-corrected chi connectivity index (χ4v) is 5.94. The largest absolute Gasteiger partial charge is 0.324 e. The summed E-state index contributed by atoms with van der Waals surface area (Å²) in [5.41, 5.74) is 3.49. The maximum absolute atomic E-state index is 5.21. The van der Waals surface area contributed by atoms with Crippen LogP contribution in [0.25, 0.3) is 21.5 Å². The van der Waals surface area contributed by atoms with Gasteiger partial charge < -0.3 is 5.32 Å². The SMILES string of the molecule is CC1C=CC=CC1[C@@H]1N=C(c2cccc(C3C=CC=CC3)c2)NC(c2ccc3ccc4ccccc4c3c2)=N1. The van der Waals surface area contributed by atoms with Crippen LogP contribution < -0.4 is 5.32 Å². The van der Waals surface area contributed by atoms with Crippen molar-refractivity contribution >= 4 is 33.2 Å². The third kappa shape index (κ3) is 4.55. The molecule has 3 heteroatoms. The number of nitrogens with one attached hydrogen (secondary N) is 1. The normalized spacial score (nSPS) is 24.0.